The number of rotatable bonds is 6. The second-order valence-corrected chi connectivity index (χ2v) is 4.19. The van der Waals surface area contributed by atoms with Crippen LogP contribution >= 0.6 is 0 Å². The number of ether oxygens (including phenoxy) is 1. The van der Waals surface area contributed by atoms with Gasteiger partial charge in [-0.3, -0.25) is 9.59 Å². The van der Waals surface area contributed by atoms with E-state index in [9.17, 15) is 9.59 Å². The van der Waals surface area contributed by atoms with E-state index in [1.165, 1.54) is 0 Å². The number of nitrogens with one attached hydrogen (secondary N) is 1. The van der Waals surface area contributed by atoms with E-state index in [1.54, 1.807) is 7.05 Å². The van der Waals surface area contributed by atoms with Crippen LogP contribution < -0.4 is 5.32 Å². The number of nitrogens with zero attached hydrogens (tertiary/aromatic N) is 1. The normalized spacial score (nSPS) is 21.1. The monoisotopic (exact) mass is 244 g/mol. The van der Waals surface area contributed by atoms with Crippen LogP contribution in [0.25, 0.3) is 0 Å². The van der Waals surface area contributed by atoms with E-state index in [0.29, 0.717) is 13.1 Å². The summed E-state index contributed by atoms with van der Waals surface area (Å²) < 4.78 is 5.47. The molecule has 1 rings (SSSR count). The van der Waals surface area contributed by atoms with E-state index in [1.807, 2.05) is 0 Å². The summed E-state index contributed by atoms with van der Waals surface area (Å²) in [7, 11) is 1.58. The minimum absolute atomic E-state index is 0.0369. The van der Waals surface area contributed by atoms with Gasteiger partial charge in [-0.15, -0.1) is 0 Å². The van der Waals surface area contributed by atoms with Crippen molar-refractivity contribution in [3.8, 4) is 0 Å². The van der Waals surface area contributed by atoms with Crippen molar-refractivity contribution < 1.29 is 19.4 Å². The molecule has 1 saturated heterocycles. The Labute approximate surface area is 101 Å². The summed E-state index contributed by atoms with van der Waals surface area (Å²) in [6.07, 6.45) is 2.11. The number of carboxylic acid groups (broad SMARTS) is 1. The summed E-state index contributed by atoms with van der Waals surface area (Å²) in [5.41, 5.74) is 0. The topological polar surface area (TPSA) is 78.9 Å². The molecule has 1 atom stereocenters. The van der Waals surface area contributed by atoms with Gasteiger partial charge in [0.2, 0.25) is 5.91 Å². The van der Waals surface area contributed by atoms with E-state index in [4.69, 9.17) is 9.84 Å². The summed E-state index contributed by atoms with van der Waals surface area (Å²) in [6.45, 7) is 2.25. The van der Waals surface area contributed by atoms with Gasteiger partial charge in [0.15, 0.2) is 0 Å². The Balaban J connectivity index is 2.23. The van der Waals surface area contributed by atoms with Crippen LogP contribution in [-0.2, 0) is 14.3 Å². The van der Waals surface area contributed by atoms with Crippen molar-refractivity contribution in [3.63, 3.8) is 0 Å². The Morgan fingerprint density at radius 3 is 2.94 bits per heavy atom. The number of carbonyl (C=O) groups is 2. The predicted molar refractivity (Wildman–Crippen MR) is 61.7 cm³/mol. The molecular formula is C11H20N2O4. The first kappa shape index (κ1) is 13.9. The van der Waals surface area contributed by atoms with E-state index < -0.39 is 5.97 Å². The Kier molecular flexibility index (Phi) is 5.93. The Morgan fingerprint density at radius 1 is 1.53 bits per heavy atom. The lowest BCUT2D eigenvalue weighted by molar-refractivity contribution is -0.137. The highest BCUT2D eigenvalue weighted by molar-refractivity contribution is 5.76. The molecule has 98 valence electrons. The van der Waals surface area contributed by atoms with Crippen LogP contribution in [0, 0.1) is 0 Å². The molecule has 0 aliphatic carbocycles. The highest BCUT2D eigenvalue weighted by Crippen LogP contribution is 2.13. The number of likely N-dealkylation sites (N-methyl/N-ethyl adjacent to an activating group) is 1. The van der Waals surface area contributed by atoms with E-state index in [-0.39, 0.29) is 25.0 Å². The average molecular weight is 244 g/mol. The standard InChI is InChI=1S/C11H20N2O4/c1-12-10(14)8-17-9-3-2-5-13(7-9)6-4-11(15)16/h9H,2-8H2,1H3,(H,12,14)(H,15,16). The Hall–Kier alpha value is -1.14. The minimum atomic E-state index is -0.779. The van der Waals surface area contributed by atoms with Gasteiger partial charge in [-0.2, -0.15) is 0 Å². The van der Waals surface area contributed by atoms with Gasteiger partial charge in [-0.25, -0.2) is 0 Å². The van der Waals surface area contributed by atoms with Gasteiger partial charge in [0.25, 0.3) is 0 Å². The zero-order valence-electron chi connectivity index (χ0n) is 10.1. The third-order valence-corrected chi connectivity index (χ3v) is 2.83. The number of carbonyl (C=O) groups excluding carboxylic acids is 1. The van der Waals surface area contributed by atoms with Gasteiger partial charge in [0.05, 0.1) is 12.5 Å². The second kappa shape index (κ2) is 7.24. The minimum Gasteiger partial charge on any atom is -0.481 e. The van der Waals surface area contributed by atoms with Crippen molar-refractivity contribution in [2.75, 3.05) is 33.3 Å². The fraction of sp³-hybridized carbons (Fsp3) is 0.818. The zero-order valence-corrected chi connectivity index (χ0v) is 10.1. The van der Waals surface area contributed by atoms with Crippen molar-refractivity contribution in [1.82, 2.24) is 10.2 Å². The highest BCUT2D eigenvalue weighted by Gasteiger charge is 2.21. The molecule has 0 saturated carbocycles. The first-order valence-electron chi connectivity index (χ1n) is 5.88. The van der Waals surface area contributed by atoms with Crippen molar-refractivity contribution in [2.45, 2.75) is 25.4 Å². The lowest BCUT2D eigenvalue weighted by Gasteiger charge is -2.32. The predicted octanol–water partition coefficient (Wildman–Crippen LogP) is -0.312. The van der Waals surface area contributed by atoms with Crippen LogP contribution in [0.15, 0.2) is 0 Å². The second-order valence-electron chi connectivity index (χ2n) is 4.19. The van der Waals surface area contributed by atoms with E-state index >= 15 is 0 Å². The molecule has 1 heterocycles. The molecule has 1 amide bonds. The maximum Gasteiger partial charge on any atom is 0.304 e. The first-order valence-corrected chi connectivity index (χ1v) is 5.88. The van der Waals surface area contributed by atoms with Crippen LogP contribution in [0.4, 0.5) is 0 Å². The quantitative estimate of drug-likeness (QED) is 0.670. The van der Waals surface area contributed by atoms with Gasteiger partial charge in [-0.1, -0.05) is 0 Å². The molecule has 6 heteroatoms. The fourth-order valence-corrected chi connectivity index (χ4v) is 1.87. The van der Waals surface area contributed by atoms with Crippen LogP contribution in [0.5, 0.6) is 0 Å². The van der Waals surface area contributed by atoms with Crippen molar-refractivity contribution in [2.24, 2.45) is 0 Å². The van der Waals surface area contributed by atoms with Gasteiger partial charge >= 0.3 is 5.97 Å². The van der Waals surface area contributed by atoms with Gasteiger partial charge < -0.3 is 20.1 Å². The molecule has 0 radical (unpaired) electrons. The summed E-state index contributed by atoms with van der Waals surface area (Å²) >= 11 is 0. The molecule has 0 bridgehead atoms. The summed E-state index contributed by atoms with van der Waals surface area (Å²) in [6, 6.07) is 0. The van der Waals surface area contributed by atoms with Crippen molar-refractivity contribution in [3.05, 3.63) is 0 Å². The third kappa shape index (κ3) is 5.65. The molecule has 1 aliphatic rings. The molecule has 0 aromatic carbocycles. The number of carboxylic acids is 1. The number of hydrogen-bond donors (Lipinski definition) is 2. The van der Waals surface area contributed by atoms with Gasteiger partial charge in [-0.05, 0) is 19.4 Å². The molecule has 0 aromatic heterocycles. The maximum absolute atomic E-state index is 11.0. The molecule has 0 aromatic rings. The van der Waals surface area contributed by atoms with Gasteiger partial charge in [0, 0.05) is 20.1 Å². The maximum atomic E-state index is 11.0. The zero-order chi connectivity index (χ0) is 12.7. The largest absolute Gasteiger partial charge is 0.481 e. The SMILES string of the molecule is CNC(=O)COC1CCCN(CCC(=O)O)C1. The summed E-state index contributed by atoms with van der Waals surface area (Å²) in [4.78, 5) is 23.6. The van der Waals surface area contributed by atoms with Crippen LogP contribution in [0.1, 0.15) is 19.3 Å². The molecule has 1 fully saturated rings. The Bertz CT molecular complexity index is 270. The molecule has 1 aliphatic heterocycles. The van der Waals surface area contributed by atoms with Crippen molar-refractivity contribution >= 4 is 11.9 Å². The van der Waals surface area contributed by atoms with E-state index in [0.717, 1.165) is 19.4 Å². The van der Waals surface area contributed by atoms with Crippen LogP contribution in [-0.4, -0.2) is 61.3 Å². The van der Waals surface area contributed by atoms with E-state index in [2.05, 4.69) is 10.2 Å². The van der Waals surface area contributed by atoms with Crippen molar-refractivity contribution in [1.29, 1.82) is 0 Å². The third-order valence-electron chi connectivity index (χ3n) is 2.83. The van der Waals surface area contributed by atoms with Crippen LogP contribution in [0.3, 0.4) is 0 Å². The highest BCUT2D eigenvalue weighted by atomic mass is 16.5. The lowest BCUT2D eigenvalue weighted by atomic mass is 10.1. The number of likely N-dealkylation sites (tertiary alicyclic amines) is 1. The molecule has 2 N–H and O–H groups in total. The molecule has 0 spiro atoms. The number of amides is 1. The Morgan fingerprint density at radius 2 is 2.29 bits per heavy atom. The fourth-order valence-electron chi connectivity index (χ4n) is 1.87. The van der Waals surface area contributed by atoms with Crippen LogP contribution in [0.2, 0.25) is 0 Å². The molecule has 6 nitrogen and oxygen atoms in total. The number of hydrogen-bond acceptors (Lipinski definition) is 4. The van der Waals surface area contributed by atoms with Gasteiger partial charge in [0.1, 0.15) is 6.61 Å². The number of piperidine rings is 1. The smallest absolute Gasteiger partial charge is 0.304 e. The average Bonchev–Trinajstić information content (AvgIpc) is 2.34. The lowest BCUT2D eigenvalue weighted by Crippen LogP contribution is -2.41. The molecule has 1 unspecified atom stereocenters. The molecular weight excluding hydrogens is 224 g/mol. The molecule has 17 heavy (non-hydrogen) atoms. The summed E-state index contributed by atoms with van der Waals surface area (Å²) in [5.74, 6) is -0.911. The number of aliphatic carboxylic acids is 1. The first-order chi connectivity index (χ1) is 8.11. The summed E-state index contributed by atoms with van der Waals surface area (Å²) in [5, 5.41) is 11.1.